The van der Waals surface area contributed by atoms with Crippen LogP contribution in [-0.2, 0) is 12.6 Å². The monoisotopic (exact) mass is 305 g/mol. The Morgan fingerprint density at radius 2 is 2.10 bits per heavy atom. The maximum atomic E-state index is 12.5. The number of halogens is 4. The van der Waals surface area contributed by atoms with E-state index in [0.717, 1.165) is 10.7 Å². The van der Waals surface area contributed by atoms with Gasteiger partial charge in [0.1, 0.15) is 0 Å². The van der Waals surface area contributed by atoms with Crippen LogP contribution in [0.3, 0.4) is 0 Å². The minimum Gasteiger partial charge on any atom is -0.294 e. The summed E-state index contributed by atoms with van der Waals surface area (Å²) in [5.74, 6) is -0.0486. The van der Waals surface area contributed by atoms with Gasteiger partial charge in [-0.2, -0.15) is 17.9 Å². The van der Waals surface area contributed by atoms with E-state index in [-0.39, 0.29) is 16.4 Å². The first-order chi connectivity index (χ1) is 9.25. The van der Waals surface area contributed by atoms with E-state index in [2.05, 4.69) is 10.1 Å². The lowest BCUT2D eigenvalue weighted by atomic mass is 10.2. The summed E-state index contributed by atoms with van der Waals surface area (Å²) in [6, 6.07) is 0.748. The van der Waals surface area contributed by atoms with Crippen LogP contribution in [0.2, 0.25) is 5.02 Å². The SMILES string of the molecule is CCc1c(C)[nH]n(-c2ncc(C(F)(F)F)cc2Cl)c1=O. The van der Waals surface area contributed by atoms with Crippen LogP contribution in [-0.4, -0.2) is 14.8 Å². The molecule has 8 heteroatoms. The van der Waals surface area contributed by atoms with Crippen molar-refractivity contribution in [3.05, 3.63) is 44.5 Å². The zero-order chi connectivity index (χ0) is 15.1. The highest BCUT2D eigenvalue weighted by Gasteiger charge is 2.32. The molecule has 0 amide bonds. The molecule has 0 atom stereocenters. The van der Waals surface area contributed by atoms with Crippen molar-refractivity contribution in [2.75, 3.05) is 0 Å². The van der Waals surface area contributed by atoms with Gasteiger partial charge in [-0.05, 0) is 19.4 Å². The minimum atomic E-state index is -4.53. The Bertz CT molecular complexity index is 703. The fourth-order valence-electron chi connectivity index (χ4n) is 1.90. The van der Waals surface area contributed by atoms with Crippen molar-refractivity contribution in [1.82, 2.24) is 14.8 Å². The third-order valence-corrected chi connectivity index (χ3v) is 3.19. The van der Waals surface area contributed by atoms with Crippen molar-refractivity contribution in [2.24, 2.45) is 0 Å². The second-order valence-corrected chi connectivity index (χ2v) is 4.64. The Balaban J connectivity index is 2.58. The number of aryl methyl sites for hydroxylation is 1. The van der Waals surface area contributed by atoms with Gasteiger partial charge in [0, 0.05) is 17.5 Å². The molecule has 0 aliphatic carbocycles. The van der Waals surface area contributed by atoms with Gasteiger partial charge in [0.05, 0.1) is 10.6 Å². The summed E-state index contributed by atoms with van der Waals surface area (Å²) in [5.41, 5.74) is -0.143. The molecule has 2 aromatic rings. The summed E-state index contributed by atoms with van der Waals surface area (Å²) in [6.07, 6.45) is -3.37. The average Bonchev–Trinajstić information content (AvgIpc) is 2.63. The predicted molar refractivity (Wildman–Crippen MR) is 68.3 cm³/mol. The van der Waals surface area contributed by atoms with Crippen molar-refractivity contribution in [2.45, 2.75) is 26.4 Å². The Morgan fingerprint density at radius 1 is 1.45 bits per heavy atom. The highest BCUT2D eigenvalue weighted by Crippen LogP contribution is 2.31. The maximum Gasteiger partial charge on any atom is 0.417 e. The van der Waals surface area contributed by atoms with E-state index in [0.29, 0.717) is 23.9 Å². The average molecular weight is 306 g/mol. The van der Waals surface area contributed by atoms with Gasteiger partial charge in [0.25, 0.3) is 5.56 Å². The summed E-state index contributed by atoms with van der Waals surface area (Å²) in [7, 11) is 0. The van der Waals surface area contributed by atoms with Crippen molar-refractivity contribution in [1.29, 1.82) is 0 Å². The molecule has 108 valence electrons. The first-order valence-electron chi connectivity index (χ1n) is 5.79. The predicted octanol–water partition coefficient (Wildman–Crippen LogP) is 3.10. The van der Waals surface area contributed by atoms with Crippen LogP contribution >= 0.6 is 11.6 Å². The van der Waals surface area contributed by atoms with Gasteiger partial charge in [0.2, 0.25) is 0 Å². The topological polar surface area (TPSA) is 50.7 Å². The third kappa shape index (κ3) is 2.45. The zero-order valence-electron chi connectivity index (χ0n) is 10.7. The molecule has 0 spiro atoms. The van der Waals surface area contributed by atoms with Crippen LogP contribution in [0.15, 0.2) is 17.1 Å². The standard InChI is InChI=1S/C12H11ClF3N3O/c1-3-8-6(2)18-19(11(8)20)10-9(13)4-7(5-17-10)12(14,15)16/h4-5,18H,3H2,1-2H3. The van der Waals surface area contributed by atoms with Gasteiger partial charge < -0.3 is 0 Å². The number of rotatable bonds is 2. The molecule has 0 aliphatic rings. The summed E-state index contributed by atoms with van der Waals surface area (Å²) in [5, 5.41) is 2.51. The van der Waals surface area contributed by atoms with E-state index >= 15 is 0 Å². The molecule has 20 heavy (non-hydrogen) atoms. The number of alkyl halides is 3. The Morgan fingerprint density at radius 3 is 2.55 bits per heavy atom. The molecule has 0 bridgehead atoms. The third-order valence-electron chi connectivity index (χ3n) is 2.91. The lowest BCUT2D eigenvalue weighted by Crippen LogP contribution is -2.19. The Labute approximate surface area is 117 Å². The molecule has 0 saturated heterocycles. The molecule has 1 N–H and O–H groups in total. The first kappa shape index (κ1) is 14.6. The summed E-state index contributed by atoms with van der Waals surface area (Å²) in [4.78, 5) is 15.7. The van der Waals surface area contributed by atoms with E-state index in [1.165, 1.54) is 0 Å². The summed E-state index contributed by atoms with van der Waals surface area (Å²) < 4.78 is 38.6. The van der Waals surface area contributed by atoms with E-state index in [1.54, 1.807) is 6.92 Å². The van der Waals surface area contributed by atoms with Crippen molar-refractivity contribution in [3.63, 3.8) is 0 Å². The normalized spacial score (nSPS) is 11.9. The van der Waals surface area contributed by atoms with Gasteiger partial charge in [-0.1, -0.05) is 18.5 Å². The first-order valence-corrected chi connectivity index (χ1v) is 6.17. The number of nitrogens with one attached hydrogen (secondary N) is 1. The number of nitrogens with zero attached hydrogens (tertiary/aromatic N) is 2. The van der Waals surface area contributed by atoms with Crippen LogP contribution in [0.1, 0.15) is 23.7 Å². The second kappa shape index (κ2) is 4.97. The van der Waals surface area contributed by atoms with Gasteiger partial charge in [-0.15, -0.1) is 0 Å². The maximum absolute atomic E-state index is 12.5. The number of hydrogen-bond donors (Lipinski definition) is 1. The molecule has 4 nitrogen and oxygen atoms in total. The van der Waals surface area contributed by atoms with Gasteiger partial charge in [-0.3, -0.25) is 9.89 Å². The molecule has 0 saturated carbocycles. The highest BCUT2D eigenvalue weighted by molar-refractivity contribution is 6.32. The molecule has 2 heterocycles. The van der Waals surface area contributed by atoms with Crippen molar-refractivity contribution >= 4 is 11.6 Å². The largest absolute Gasteiger partial charge is 0.417 e. The molecular weight excluding hydrogens is 295 g/mol. The molecular formula is C12H11ClF3N3O. The van der Waals surface area contributed by atoms with E-state index in [4.69, 9.17) is 11.6 Å². The van der Waals surface area contributed by atoms with Crippen molar-refractivity contribution < 1.29 is 13.2 Å². The number of aromatic amines is 1. The lowest BCUT2D eigenvalue weighted by molar-refractivity contribution is -0.137. The molecule has 0 radical (unpaired) electrons. The fraction of sp³-hybridized carbons (Fsp3) is 0.333. The van der Waals surface area contributed by atoms with Crippen LogP contribution in [0.4, 0.5) is 13.2 Å². The molecule has 2 aromatic heterocycles. The van der Waals surface area contributed by atoms with E-state index in [1.807, 2.05) is 6.92 Å². The number of pyridine rings is 1. The quantitative estimate of drug-likeness (QED) is 0.927. The summed E-state index contributed by atoms with van der Waals surface area (Å²) in [6.45, 7) is 3.51. The van der Waals surface area contributed by atoms with Crippen LogP contribution < -0.4 is 5.56 Å². The Kier molecular flexibility index (Phi) is 3.64. The molecule has 0 aromatic carbocycles. The minimum absolute atomic E-state index is 0.0486. The lowest BCUT2D eigenvalue weighted by Gasteiger charge is -2.09. The van der Waals surface area contributed by atoms with E-state index < -0.39 is 11.7 Å². The molecule has 0 unspecified atom stereocenters. The van der Waals surface area contributed by atoms with Crippen LogP contribution in [0, 0.1) is 6.92 Å². The molecule has 0 fully saturated rings. The molecule has 0 aliphatic heterocycles. The number of aromatic nitrogens is 3. The second-order valence-electron chi connectivity index (χ2n) is 4.24. The highest BCUT2D eigenvalue weighted by atomic mass is 35.5. The van der Waals surface area contributed by atoms with Gasteiger partial charge in [0.15, 0.2) is 5.82 Å². The van der Waals surface area contributed by atoms with Crippen LogP contribution in [0.25, 0.3) is 5.82 Å². The van der Waals surface area contributed by atoms with Gasteiger partial charge >= 0.3 is 6.18 Å². The van der Waals surface area contributed by atoms with Crippen molar-refractivity contribution in [3.8, 4) is 5.82 Å². The number of hydrogen-bond acceptors (Lipinski definition) is 2. The summed E-state index contributed by atoms with van der Waals surface area (Å²) >= 11 is 5.80. The number of H-pyrrole nitrogens is 1. The fourth-order valence-corrected chi connectivity index (χ4v) is 2.15. The van der Waals surface area contributed by atoms with Crippen LogP contribution in [0.5, 0.6) is 0 Å². The Hall–Kier alpha value is -1.76. The zero-order valence-corrected chi connectivity index (χ0v) is 11.4. The van der Waals surface area contributed by atoms with Gasteiger partial charge in [-0.25, -0.2) is 4.98 Å². The molecule has 2 rings (SSSR count). The van der Waals surface area contributed by atoms with E-state index in [9.17, 15) is 18.0 Å². The smallest absolute Gasteiger partial charge is 0.294 e.